The van der Waals surface area contributed by atoms with E-state index in [2.05, 4.69) is 166 Å². The normalized spacial score (nSPS) is 23.6. The molecule has 296 valence electrons. The van der Waals surface area contributed by atoms with Crippen LogP contribution >= 0.6 is 0 Å². The van der Waals surface area contributed by atoms with Crippen LogP contribution < -0.4 is 0 Å². The Bertz CT molecular complexity index is 1080. The fourth-order valence-electron chi connectivity index (χ4n) is 9.97. The summed E-state index contributed by atoms with van der Waals surface area (Å²) in [6.45, 7) is 53.7. The molecule has 0 aromatic carbocycles. The minimum atomic E-state index is -3.04. The maximum absolute atomic E-state index is 15.2. The van der Waals surface area contributed by atoms with Crippen LogP contribution in [0.25, 0.3) is 0 Å². The summed E-state index contributed by atoms with van der Waals surface area (Å²) >= 11 is 0. The SMILES string of the molecule is CC(C)(C)[Si]1(C(C)(C)C)O[Si](C(C)(C)C)(C(C)(C)C)C(=O)[Si](C(C)(C)C)(C(C)(C)C)O1.CC[Si]1(CC)O[Si](CC)(CC)C(=O)[Si](CC)(CC)O1. The van der Waals surface area contributed by atoms with Crippen LogP contribution in [0.4, 0.5) is 9.59 Å². The predicted octanol–water partition coefficient (Wildman–Crippen LogP) is 14.2. The lowest BCUT2D eigenvalue weighted by Crippen LogP contribution is -2.85. The van der Waals surface area contributed by atoms with E-state index >= 15 is 4.79 Å². The molecule has 12 heteroatoms. The Morgan fingerprint density at radius 2 is 0.600 bits per heavy atom. The summed E-state index contributed by atoms with van der Waals surface area (Å²) in [6, 6.07) is 5.68. The Labute approximate surface area is 317 Å². The van der Waals surface area contributed by atoms with Crippen molar-refractivity contribution in [1.29, 1.82) is 0 Å². The van der Waals surface area contributed by atoms with E-state index in [1.54, 1.807) is 0 Å². The Balaban J connectivity index is 0.000000561. The molecule has 0 aromatic rings. The minimum absolute atomic E-state index is 0.171. The van der Waals surface area contributed by atoms with Gasteiger partial charge >= 0.3 is 17.1 Å². The van der Waals surface area contributed by atoms with Crippen molar-refractivity contribution in [2.45, 2.75) is 233 Å². The van der Waals surface area contributed by atoms with Crippen LogP contribution in [0.1, 0.15) is 166 Å². The summed E-state index contributed by atoms with van der Waals surface area (Å²) in [5.41, 5.74) is 0. The van der Waals surface area contributed by atoms with Gasteiger partial charge in [0, 0.05) is 10.1 Å². The Kier molecular flexibility index (Phi) is 14.4. The first kappa shape index (κ1) is 48.5. The van der Waals surface area contributed by atoms with Crippen LogP contribution in [0.5, 0.6) is 0 Å². The van der Waals surface area contributed by atoms with Gasteiger partial charge in [-0.05, 0) is 56.4 Å². The van der Waals surface area contributed by atoms with Gasteiger partial charge in [0.1, 0.15) is 0 Å². The molecule has 2 saturated heterocycles. The molecular formula is C38H84O6Si6. The first-order valence-electron chi connectivity index (χ1n) is 19.9. The van der Waals surface area contributed by atoms with Crippen molar-refractivity contribution >= 4 is 60.5 Å². The molecule has 2 fully saturated rings. The summed E-state index contributed by atoms with van der Waals surface area (Å²) in [4.78, 5) is 28.3. The topological polar surface area (TPSA) is 71.1 Å². The van der Waals surface area contributed by atoms with Gasteiger partial charge in [-0.25, -0.2) is 0 Å². The van der Waals surface area contributed by atoms with Gasteiger partial charge in [0.15, 0.2) is 10.1 Å². The molecule has 0 aromatic heterocycles. The van der Waals surface area contributed by atoms with Gasteiger partial charge in [-0.2, -0.15) is 0 Å². The molecule has 0 amide bonds. The second kappa shape index (κ2) is 14.9. The van der Waals surface area contributed by atoms with Gasteiger partial charge in [0.05, 0.1) is 0 Å². The number of carbonyl (C=O) groups is 2. The smallest absolute Gasteiger partial charge is 0.329 e. The average Bonchev–Trinajstić information content (AvgIpc) is 2.94. The largest absolute Gasteiger partial charge is 0.430 e. The summed E-state index contributed by atoms with van der Waals surface area (Å²) in [5.74, 6) is 0. The molecule has 6 nitrogen and oxygen atoms in total. The van der Waals surface area contributed by atoms with Crippen LogP contribution in [0.2, 0.25) is 66.5 Å². The second-order valence-electron chi connectivity index (χ2n) is 21.6. The highest BCUT2D eigenvalue weighted by Gasteiger charge is 2.81. The van der Waals surface area contributed by atoms with E-state index in [1.165, 1.54) is 0 Å². The van der Waals surface area contributed by atoms with Gasteiger partial charge in [0.25, 0.3) is 33.3 Å². The average molecular weight is 806 g/mol. The molecule has 0 atom stereocenters. The monoisotopic (exact) mass is 804 g/mol. The highest BCUT2D eigenvalue weighted by molar-refractivity contribution is 7.36. The maximum Gasteiger partial charge on any atom is 0.329 e. The van der Waals surface area contributed by atoms with Gasteiger partial charge in [0.2, 0.25) is 0 Å². The van der Waals surface area contributed by atoms with Gasteiger partial charge in [-0.1, -0.05) is 166 Å². The molecular weight excluding hydrogens is 721 g/mol. The zero-order valence-electron chi connectivity index (χ0n) is 37.7. The highest BCUT2D eigenvalue weighted by atomic mass is 28.5. The van der Waals surface area contributed by atoms with E-state index in [-0.39, 0.29) is 30.2 Å². The van der Waals surface area contributed by atoms with Crippen LogP contribution in [0.15, 0.2) is 0 Å². The van der Waals surface area contributed by atoms with Crippen LogP contribution in [0, 0.1) is 0 Å². The van der Waals surface area contributed by atoms with Crippen molar-refractivity contribution in [2.24, 2.45) is 0 Å². The molecule has 0 aliphatic carbocycles. The third-order valence-corrected chi connectivity index (χ3v) is 50.1. The van der Waals surface area contributed by atoms with Crippen molar-refractivity contribution in [3.8, 4) is 0 Å². The van der Waals surface area contributed by atoms with E-state index in [9.17, 15) is 4.79 Å². The number of hydrogen-bond acceptors (Lipinski definition) is 6. The van der Waals surface area contributed by atoms with Crippen molar-refractivity contribution in [3.05, 3.63) is 0 Å². The molecule has 2 heterocycles. The lowest BCUT2D eigenvalue weighted by atomic mass is 10.2. The molecule has 0 saturated carbocycles. The van der Waals surface area contributed by atoms with E-state index in [0.717, 1.165) is 36.3 Å². The first-order valence-corrected chi connectivity index (χ1v) is 32.4. The van der Waals surface area contributed by atoms with Crippen molar-refractivity contribution < 1.29 is 26.0 Å². The summed E-state index contributed by atoms with van der Waals surface area (Å²) in [6.07, 6.45) is 0. The molecule has 2 rings (SSSR count). The number of rotatable bonds is 6. The third-order valence-electron chi connectivity index (χ3n) is 12.4. The zero-order chi connectivity index (χ0) is 40.2. The summed E-state index contributed by atoms with van der Waals surface area (Å²) < 4.78 is 28.4. The fraction of sp³-hybridized carbons (Fsp3) is 0.947. The van der Waals surface area contributed by atoms with Gasteiger partial charge in [-0.15, -0.1) is 0 Å². The lowest BCUT2D eigenvalue weighted by molar-refractivity contribution is 0.212. The fourth-order valence-corrected chi connectivity index (χ4v) is 62.1. The van der Waals surface area contributed by atoms with Gasteiger partial charge < -0.3 is 26.0 Å². The summed E-state index contributed by atoms with van der Waals surface area (Å²) in [7, 11) is -15.6. The van der Waals surface area contributed by atoms with Crippen molar-refractivity contribution in [2.75, 3.05) is 0 Å². The van der Waals surface area contributed by atoms with Crippen molar-refractivity contribution in [1.82, 2.24) is 0 Å². The number of hydrogen-bond donors (Lipinski definition) is 0. The maximum atomic E-state index is 15.2. The molecule has 0 bridgehead atoms. The van der Waals surface area contributed by atoms with Crippen LogP contribution in [0.3, 0.4) is 0 Å². The molecule has 0 N–H and O–H groups in total. The Hall–Kier alpha value is 0.481. The van der Waals surface area contributed by atoms with E-state index in [0.29, 0.717) is 10.1 Å². The van der Waals surface area contributed by atoms with E-state index in [4.69, 9.17) is 16.5 Å². The Morgan fingerprint density at radius 1 is 0.360 bits per heavy atom. The van der Waals surface area contributed by atoms with E-state index < -0.39 is 50.4 Å². The second-order valence-corrected chi connectivity index (χ2v) is 50.6. The summed E-state index contributed by atoms with van der Waals surface area (Å²) in [5, 5.41) is -0.460. The zero-order valence-corrected chi connectivity index (χ0v) is 43.7. The van der Waals surface area contributed by atoms with E-state index in [1.807, 2.05) is 0 Å². The molecule has 2 aliphatic heterocycles. The molecule has 50 heavy (non-hydrogen) atoms. The molecule has 0 spiro atoms. The van der Waals surface area contributed by atoms with Gasteiger partial charge in [-0.3, -0.25) is 0 Å². The van der Waals surface area contributed by atoms with Crippen LogP contribution in [-0.4, -0.2) is 60.5 Å². The van der Waals surface area contributed by atoms with Crippen molar-refractivity contribution in [3.63, 3.8) is 0 Å². The molecule has 0 radical (unpaired) electrons. The highest BCUT2D eigenvalue weighted by Crippen LogP contribution is 2.69. The Morgan fingerprint density at radius 3 is 0.760 bits per heavy atom. The lowest BCUT2D eigenvalue weighted by Gasteiger charge is -2.69. The van der Waals surface area contributed by atoms with Crippen LogP contribution in [-0.2, 0) is 16.5 Å². The predicted molar refractivity (Wildman–Crippen MR) is 231 cm³/mol. The molecule has 2 aliphatic rings. The standard InChI is InChI=1S/C25H54O3Si3.C13H30O3Si3/c1-20(2,3)29(21(4,5)6)19(26)30(22(7,8)9,23(10,11)12)28-31(27-29,24(13,14)15)25(16,17)18;1-7-17(8-2)13(14)18(9-3,10-4)16-19(11-5,12-6)15-17/h1-18H3;7-12H2,1-6H3. The third kappa shape index (κ3) is 7.53. The number of carbonyl (C=O) groups excluding carboxylic acids is 2. The minimum Gasteiger partial charge on any atom is -0.430 e. The molecule has 0 unspecified atom stereocenters. The quantitative estimate of drug-likeness (QED) is 0.249. The first-order chi connectivity index (χ1) is 22.0.